The average Bonchev–Trinajstić information content (AvgIpc) is 3.44. The van der Waals surface area contributed by atoms with E-state index in [0.717, 1.165) is 11.9 Å². The van der Waals surface area contributed by atoms with Crippen molar-refractivity contribution >= 4 is 34.4 Å². The number of hydrogen-bond donors (Lipinski definition) is 2. The summed E-state index contributed by atoms with van der Waals surface area (Å²) >= 11 is 0. The Balaban J connectivity index is 1.54. The zero-order valence-electron chi connectivity index (χ0n) is 20.1. The van der Waals surface area contributed by atoms with Crippen LogP contribution in [0, 0.1) is 5.92 Å². The van der Waals surface area contributed by atoms with E-state index in [1.165, 1.54) is 12.7 Å². The number of anilines is 1. The number of benzene rings is 2. The van der Waals surface area contributed by atoms with Gasteiger partial charge in [-0.25, -0.2) is 4.98 Å². The van der Waals surface area contributed by atoms with Crippen LogP contribution in [0.1, 0.15) is 29.3 Å². The number of aryl methyl sites for hydroxylation is 2. The maximum atomic E-state index is 13.0. The molecule has 184 valence electrons. The largest absolute Gasteiger partial charge is 0.375 e. The Labute approximate surface area is 204 Å². The Hall–Kier alpha value is -3.72. The molecule has 1 aliphatic rings. The Morgan fingerprint density at radius 3 is 2.71 bits per heavy atom. The lowest BCUT2D eigenvalue weighted by atomic mass is 10.1. The highest BCUT2D eigenvalue weighted by molar-refractivity contribution is 6.05. The second-order valence-corrected chi connectivity index (χ2v) is 8.76. The van der Waals surface area contributed by atoms with E-state index in [1.54, 1.807) is 23.4 Å². The van der Waals surface area contributed by atoms with Gasteiger partial charge in [-0.2, -0.15) is 0 Å². The molecular weight excluding hydrogens is 446 g/mol. The molecule has 3 aromatic rings. The van der Waals surface area contributed by atoms with Gasteiger partial charge in [-0.15, -0.1) is 0 Å². The van der Waals surface area contributed by atoms with Crippen molar-refractivity contribution in [3.05, 3.63) is 59.9 Å². The Morgan fingerprint density at radius 1 is 1.20 bits per heavy atom. The molecule has 0 radical (unpaired) electrons. The van der Waals surface area contributed by atoms with Crippen LogP contribution in [0.25, 0.3) is 11.0 Å². The average molecular weight is 478 g/mol. The van der Waals surface area contributed by atoms with Gasteiger partial charge < -0.3 is 24.8 Å². The van der Waals surface area contributed by atoms with Crippen molar-refractivity contribution in [2.75, 3.05) is 38.7 Å². The molecule has 0 saturated carbocycles. The van der Waals surface area contributed by atoms with E-state index in [2.05, 4.69) is 27.8 Å². The van der Waals surface area contributed by atoms with Gasteiger partial charge in [-0.05, 0) is 31.0 Å². The van der Waals surface area contributed by atoms with Crippen LogP contribution in [0.2, 0.25) is 0 Å². The predicted molar refractivity (Wildman–Crippen MR) is 133 cm³/mol. The molecule has 9 heteroatoms. The number of ether oxygens (including phenoxy) is 1. The second kappa shape index (κ2) is 11.1. The van der Waals surface area contributed by atoms with Crippen molar-refractivity contribution in [1.82, 2.24) is 19.8 Å². The third kappa shape index (κ3) is 5.86. The molecule has 35 heavy (non-hydrogen) atoms. The maximum absolute atomic E-state index is 13.0. The molecule has 0 spiro atoms. The first-order chi connectivity index (χ1) is 17.0. The first kappa shape index (κ1) is 24.4. The number of rotatable bonds is 10. The molecule has 1 atom stereocenters. The minimum Gasteiger partial charge on any atom is -0.375 e. The molecule has 0 bridgehead atoms. The first-order valence-electron chi connectivity index (χ1n) is 11.9. The highest BCUT2D eigenvalue weighted by atomic mass is 16.5. The molecule has 2 N–H and O–H groups in total. The first-order valence-corrected chi connectivity index (χ1v) is 11.9. The van der Waals surface area contributed by atoms with Gasteiger partial charge in [-0.1, -0.05) is 30.3 Å². The van der Waals surface area contributed by atoms with E-state index >= 15 is 0 Å². The summed E-state index contributed by atoms with van der Waals surface area (Å²) in [4.78, 5) is 43.6. The number of nitrogens with one attached hydrogen (secondary N) is 2. The minimum absolute atomic E-state index is 0.0909. The lowest BCUT2D eigenvalue weighted by molar-refractivity contribution is -0.127. The fourth-order valence-electron chi connectivity index (χ4n) is 4.45. The maximum Gasteiger partial charge on any atom is 0.251 e. The number of likely N-dealkylation sites (tertiary alicyclic amines) is 1. The zero-order chi connectivity index (χ0) is 24.8. The van der Waals surface area contributed by atoms with Crippen LogP contribution in [0.5, 0.6) is 0 Å². The predicted octanol–water partition coefficient (Wildman–Crippen LogP) is 2.46. The van der Waals surface area contributed by atoms with Crippen LogP contribution < -0.4 is 10.6 Å². The van der Waals surface area contributed by atoms with Crippen LogP contribution in [0.3, 0.4) is 0 Å². The van der Waals surface area contributed by atoms with E-state index < -0.39 is 0 Å². The van der Waals surface area contributed by atoms with Crippen LogP contribution in [0.4, 0.5) is 5.69 Å². The van der Waals surface area contributed by atoms with E-state index in [1.807, 2.05) is 29.7 Å². The fraction of sp³-hybridized carbons (Fsp3) is 0.385. The van der Waals surface area contributed by atoms with E-state index in [0.29, 0.717) is 49.4 Å². The van der Waals surface area contributed by atoms with Crippen molar-refractivity contribution in [3.8, 4) is 0 Å². The van der Waals surface area contributed by atoms with Crippen LogP contribution in [-0.2, 0) is 27.3 Å². The lowest BCUT2D eigenvalue weighted by Gasteiger charge is -2.15. The van der Waals surface area contributed by atoms with Crippen LogP contribution in [-0.4, -0.2) is 65.5 Å². The number of fused-ring (bicyclic) bond motifs is 1. The number of carbonyl (C=O) groups excluding carboxylic acids is 3. The Morgan fingerprint density at radius 2 is 2.00 bits per heavy atom. The summed E-state index contributed by atoms with van der Waals surface area (Å²) in [6, 6.07) is 13.5. The summed E-state index contributed by atoms with van der Waals surface area (Å²) in [7, 11) is 1.45. The molecule has 1 fully saturated rings. The summed E-state index contributed by atoms with van der Waals surface area (Å²) < 4.78 is 6.94. The molecule has 3 amide bonds. The number of hydrogen-bond acceptors (Lipinski definition) is 5. The minimum atomic E-state index is -0.314. The summed E-state index contributed by atoms with van der Waals surface area (Å²) in [5.41, 5.74) is 3.47. The number of nitrogens with zero attached hydrogens (tertiary/aromatic N) is 3. The normalized spacial score (nSPS) is 15.5. The Kier molecular flexibility index (Phi) is 7.77. The van der Waals surface area contributed by atoms with E-state index in [-0.39, 0.29) is 30.2 Å². The van der Waals surface area contributed by atoms with Gasteiger partial charge in [0.2, 0.25) is 11.8 Å². The fourth-order valence-corrected chi connectivity index (χ4v) is 4.45. The van der Waals surface area contributed by atoms with Gasteiger partial charge in [0.15, 0.2) is 0 Å². The Bertz CT molecular complexity index is 1210. The SMILES string of the molecule is CCN1CC(CNC(=O)c2cc(NC(=O)COC)c3c(c2)ncn3CCc2ccccc2)CC1=O. The molecule has 2 heterocycles. The highest BCUT2D eigenvalue weighted by Gasteiger charge is 2.28. The van der Waals surface area contributed by atoms with Crippen molar-refractivity contribution in [3.63, 3.8) is 0 Å². The molecule has 9 nitrogen and oxygen atoms in total. The third-order valence-corrected chi connectivity index (χ3v) is 6.24. The molecule has 2 aromatic carbocycles. The number of methoxy groups -OCH3 is 1. The molecule has 0 aliphatic carbocycles. The molecule has 1 aliphatic heterocycles. The zero-order valence-corrected chi connectivity index (χ0v) is 20.1. The summed E-state index contributed by atoms with van der Waals surface area (Å²) in [5, 5.41) is 5.81. The summed E-state index contributed by atoms with van der Waals surface area (Å²) in [6.45, 7) is 4.27. The van der Waals surface area contributed by atoms with Gasteiger partial charge in [-0.3, -0.25) is 14.4 Å². The monoisotopic (exact) mass is 477 g/mol. The molecule has 1 unspecified atom stereocenters. The summed E-state index contributed by atoms with van der Waals surface area (Å²) in [5.74, 6) is -0.368. The van der Waals surface area contributed by atoms with Crippen LogP contribution >= 0.6 is 0 Å². The smallest absolute Gasteiger partial charge is 0.251 e. The highest BCUT2D eigenvalue weighted by Crippen LogP contribution is 2.26. The standard InChI is InChI=1S/C26H31N5O4/c1-3-30-15-19(11-24(30)33)14-27-26(34)20-12-21-25(22(13-20)29-23(32)16-35-2)31(17-28-21)10-9-18-7-5-4-6-8-18/h4-8,12-13,17,19H,3,9-11,14-16H2,1-2H3,(H,27,34)(H,29,32). The number of carbonyl (C=O) groups is 3. The topological polar surface area (TPSA) is 106 Å². The molecule has 4 rings (SSSR count). The van der Waals surface area contributed by atoms with Gasteiger partial charge in [0.1, 0.15) is 6.61 Å². The van der Waals surface area contributed by atoms with Crippen molar-refractivity contribution < 1.29 is 19.1 Å². The number of aromatic nitrogens is 2. The van der Waals surface area contributed by atoms with Gasteiger partial charge in [0, 0.05) is 51.2 Å². The number of amides is 3. The number of imidazole rings is 1. The third-order valence-electron chi connectivity index (χ3n) is 6.24. The molecule has 1 aromatic heterocycles. The van der Waals surface area contributed by atoms with Crippen molar-refractivity contribution in [2.45, 2.75) is 26.3 Å². The quantitative estimate of drug-likeness (QED) is 0.467. The van der Waals surface area contributed by atoms with Crippen molar-refractivity contribution in [1.29, 1.82) is 0 Å². The van der Waals surface area contributed by atoms with Gasteiger partial charge >= 0.3 is 0 Å². The van der Waals surface area contributed by atoms with E-state index in [9.17, 15) is 14.4 Å². The molecule has 1 saturated heterocycles. The summed E-state index contributed by atoms with van der Waals surface area (Å²) in [6.07, 6.45) is 2.97. The lowest BCUT2D eigenvalue weighted by Crippen LogP contribution is -2.31. The van der Waals surface area contributed by atoms with Gasteiger partial charge in [0.25, 0.3) is 5.91 Å². The van der Waals surface area contributed by atoms with Gasteiger partial charge in [0.05, 0.1) is 23.0 Å². The van der Waals surface area contributed by atoms with Crippen LogP contribution in [0.15, 0.2) is 48.8 Å². The second-order valence-electron chi connectivity index (χ2n) is 8.76. The molecular formula is C26H31N5O4. The van der Waals surface area contributed by atoms with E-state index in [4.69, 9.17) is 4.74 Å². The van der Waals surface area contributed by atoms with Crippen molar-refractivity contribution in [2.24, 2.45) is 5.92 Å².